The van der Waals surface area contributed by atoms with Gasteiger partial charge >= 0.3 is 5.97 Å². The van der Waals surface area contributed by atoms with E-state index in [-0.39, 0.29) is 37.3 Å². The zero-order valence-corrected chi connectivity index (χ0v) is 61.0. The Morgan fingerprint density at radius 2 is 0.806 bits per heavy atom. The molecule has 0 fully saturated rings. The number of aryl methyl sites for hydroxylation is 6. The molecular weight excluding hydrogens is 1370 g/mol. The maximum Gasteiger partial charge on any atom is 0.335 e. The van der Waals surface area contributed by atoms with E-state index in [1.807, 2.05) is 167 Å². The molecule has 3 aliphatic rings. The topological polar surface area (TPSA) is 264 Å². The van der Waals surface area contributed by atoms with Gasteiger partial charge < -0.3 is 59.3 Å². The number of benzene rings is 4. The number of phenolic OH excluding ortho intramolecular Hbond substituents is 2. The summed E-state index contributed by atoms with van der Waals surface area (Å²) in [6, 6.07) is 38.6. The van der Waals surface area contributed by atoms with Gasteiger partial charge in [-0.1, -0.05) is 58.7 Å². The maximum atomic E-state index is 13.2. The lowest BCUT2D eigenvalue weighted by Gasteiger charge is -2.22. The van der Waals surface area contributed by atoms with Crippen LogP contribution < -0.4 is 38.9 Å². The third kappa shape index (κ3) is 18.3. The summed E-state index contributed by atoms with van der Waals surface area (Å²) >= 11 is 3.29. The third-order valence-electron chi connectivity index (χ3n) is 17.2. The number of carbonyl (C=O) groups is 4. The largest absolute Gasteiger partial charge is 0.508 e. The number of rotatable bonds is 14. The standard InChI is InChI=1S/C24H24N4O4.C24H26N4O2.C16H18N4O2.C8H10O.C7H7BrO.CH4/c1-4-28-21-18(23(29)27(3)19-6-5-10-25-22(19)28)13-16(14-26-21)9-11-32-20-8-7-17(24(30)31)12-15(20)2;1-5-28-22-19(24(29)27(4)20-7-6-11-25-23(20)28)14-18(15-26-22)10-12-30-21-9-8-16(2)13-17(21)3;1-3-20-14-12(9-11(6-8-21)10-18-14)16(22)19(2)13-5-4-7-17-15(13)20;1-6-3-4-8(9)7(2)5-6;1-5-4-6(8)2-3-7(5)9;/h5-8,10,12-14H,4,9,11H2,1-3H3,(H,30,31);6-9,11,13-15H,5,10,12H2,1-4H3;4-5,7,9-10,21H,3,6,8H2,1-2H3;3-5,9H,1-2H3;2-4,9H,1H3;1H4. The summed E-state index contributed by atoms with van der Waals surface area (Å²) in [5.74, 6) is 4.94. The fourth-order valence-electron chi connectivity index (χ4n) is 11.7. The highest BCUT2D eigenvalue weighted by atomic mass is 79.9. The van der Waals surface area contributed by atoms with Crippen LogP contribution in [-0.4, -0.2) is 135 Å². The van der Waals surface area contributed by atoms with E-state index in [9.17, 15) is 19.2 Å². The number of nitrogens with zero attached hydrogens (tertiary/aromatic N) is 12. The van der Waals surface area contributed by atoms with E-state index in [1.54, 1.807) is 91.1 Å². The fourth-order valence-corrected chi connectivity index (χ4v) is 12.2. The normalized spacial score (nSPS) is 12.3. The number of halogens is 1. The Bertz CT molecular complexity index is 4640. The van der Waals surface area contributed by atoms with Crippen LogP contribution in [0.5, 0.6) is 23.0 Å². The number of aliphatic hydroxyl groups is 1. The number of carboxylic acids is 1. The molecule has 536 valence electrons. The lowest BCUT2D eigenvalue weighted by Crippen LogP contribution is -2.25. The van der Waals surface area contributed by atoms with Crippen molar-refractivity contribution in [3.63, 3.8) is 0 Å². The van der Waals surface area contributed by atoms with Crippen LogP contribution >= 0.6 is 15.9 Å². The fraction of sp³-hybridized carbons (Fsp3) is 0.275. The molecule has 3 amide bonds. The molecule has 4 aromatic carbocycles. The highest BCUT2D eigenvalue weighted by Crippen LogP contribution is 2.41. The average molecular weight is 1460 g/mol. The zero-order chi connectivity index (χ0) is 73.5. The van der Waals surface area contributed by atoms with E-state index >= 15 is 0 Å². The van der Waals surface area contributed by atoms with Gasteiger partial charge in [0.25, 0.3) is 17.7 Å². The Labute approximate surface area is 610 Å². The Balaban J connectivity index is 0.000000175. The number of phenols is 2. The van der Waals surface area contributed by atoms with Crippen molar-refractivity contribution in [3.05, 3.63) is 241 Å². The van der Waals surface area contributed by atoms with Crippen LogP contribution in [0.2, 0.25) is 0 Å². The van der Waals surface area contributed by atoms with E-state index in [1.165, 1.54) is 17.2 Å². The Morgan fingerprint density at radius 1 is 0.447 bits per heavy atom. The van der Waals surface area contributed by atoms with Crippen LogP contribution in [0.3, 0.4) is 0 Å². The molecule has 4 N–H and O–H groups in total. The summed E-state index contributed by atoms with van der Waals surface area (Å²) in [4.78, 5) is 88.1. The lowest BCUT2D eigenvalue weighted by molar-refractivity contribution is 0.0695. The number of carbonyl (C=O) groups excluding carboxylic acids is 3. The highest BCUT2D eigenvalue weighted by Gasteiger charge is 2.34. The van der Waals surface area contributed by atoms with Gasteiger partial charge in [0.15, 0.2) is 17.5 Å². The van der Waals surface area contributed by atoms with Crippen LogP contribution in [-0.2, 0) is 19.3 Å². The SMILES string of the molecule is C.CCN1c2ncc(CCO)cc2C(=O)N(C)c2cccnc21.CCN1c2ncc(CCOc3ccc(C(=O)O)cc3C)cc2C(=O)N(C)c2cccnc21.CCN1c2ncc(CCOc3ccc(C)cc3C)cc2C(=O)N(C)c2cccnc21.Cc1cc(Br)ccc1O.Cc1ccc(O)c(C)c1. The molecule has 23 heteroatoms. The number of hydrogen-bond donors (Lipinski definition) is 4. The predicted molar refractivity (Wildman–Crippen MR) is 410 cm³/mol. The minimum Gasteiger partial charge on any atom is -0.508 e. The lowest BCUT2D eigenvalue weighted by atomic mass is 10.1. The second-order valence-corrected chi connectivity index (χ2v) is 25.4. The number of pyridine rings is 6. The maximum absolute atomic E-state index is 13.2. The van der Waals surface area contributed by atoms with Crippen molar-refractivity contribution in [2.24, 2.45) is 0 Å². The van der Waals surface area contributed by atoms with Crippen molar-refractivity contribution in [1.29, 1.82) is 0 Å². The molecule has 0 aliphatic carbocycles. The van der Waals surface area contributed by atoms with Crippen LogP contribution in [0, 0.1) is 41.5 Å². The number of hydrogen-bond acceptors (Lipinski definition) is 18. The first-order valence-electron chi connectivity index (χ1n) is 33.4. The van der Waals surface area contributed by atoms with Gasteiger partial charge in [-0.25, -0.2) is 34.7 Å². The number of aromatic carboxylic acids is 1. The summed E-state index contributed by atoms with van der Waals surface area (Å²) in [6.45, 7) is 20.6. The van der Waals surface area contributed by atoms with Gasteiger partial charge in [-0.15, -0.1) is 0 Å². The van der Waals surface area contributed by atoms with Crippen molar-refractivity contribution in [2.45, 2.75) is 89.0 Å². The van der Waals surface area contributed by atoms with Gasteiger partial charge in [0.2, 0.25) is 0 Å². The van der Waals surface area contributed by atoms with Gasteiger partial charge in [0.05, 0.1) is 52.5 Å². The molecule has 22 nitrogen and oxygen atoms in total. The summed E-state index contributed by atoms with van der Waals surface area (Å²) in [5, 5.41) is 36.3. The van der Waals surface area contributed by atoms with Gasteiger partial charge in [0, 0.05) is 102 Å². The van der Waals surface area contributed by atoms with Crippen molar-refractivity contribution in [2.75, 3.05) is 90.0 Å². The molecule has 0 saturated carbocycles. The Kier molecular flexibility index (Phi) is 26.6. The van der Waals surface area contributed by atoms with Gasteiger partial charge in [-0.3, -0.25) is 14.4 Å². The zero-order valence-electron chi connectivity index (χ0n) is 59.4. The molecule has 3 aliphatic heterocycles. The molecule has 0 radical (unpaired) electrons. The van der Waals surface area contributed by atoms with Crippen LogP contribution in [0.1, 0.15) is 120 Å². The van der Waals surface area contributed by atoms with E-state index in [2.05, 4.69) is 58.8 Å². The molecular formula is C80H89BrN12O10. The number of aromatic hydroxyl groups is 2. The molecule has 13 rings (SSSR count). The molecule has 0 bridgehead atoms. The Morgan fingerprint density at radius 3 is 1.15 bits per heavy atom. The summed E-state index contributed by atoms with van der Waals surface area (Å²) in [6.07, 6.45) is 12.2. The number of fused-ring (bicyclic) bond motifs is 6. The number of ether oxygens (including phenoxy) is 2. The third-order valence-corrected chi connectivity index (χ3v) is 17.7. The number of aromatic nitrogens is 6. The smallest absolute Gasteiger partial charge is 0.335 e. The number of anilines is 9. The number of amides is 3. The van der Waals surface area contributed by atoms with Crippen LogP contribution in [0.25, 0.3) is 0 Å². The van der Waals surface area contributed by atoms with E-state index in [0.717, 1.165) is 77.9 Å². The molecule has 0 saturated heterocycles. The van der Waals surface area contributed by atoms with Crippen LogP contribution in [0.15, 0.2) is 169 Å². The van der Waals surface area contributed by atoms with Crippen molar-refractivity contribution in [3.8, 4) is 23.0 Å². The van der Waals surface area contributed by atoms with E-state index in [0.29, 0.717) is 109 Å². The minimum atomic E-state index is -0.969. The first-order valence-corrected chi connectivity index (χ1v) is 34.2. The first kappa shape index (κ1) is 77.4. The monoisotopic (exact) mass is 1460 g/mol. The predicted octanol–water partition coefficient (Wildman–Crippen LogP) is 15.2. The van der Waals surface area contributed by atoms with E-state index < -0.39 is 5.97 Å². The number of carboxylic acid groups (broad SMARTS) is 1. The van der Waals surface area contributed by atoms with Crippen molar-refractivity contribution >= 4 is 91.6 Å². The molecule has 9 heterocycles. The van der Waals surface area contributed by atoms with Crippen molar-refractivity contribution < 1.29 is 49.1 Å². The molecule has 0 unspecified atom stereocenters. The quantitative estimate of drug-likeness (QED) is 0.0788. The van der Waals surface area contributed by atoms with Gasteiger partial charge in [0.1, 0.15) is 40.5 Å². The number of aliphatic hydroxyl groups excluding tert-OH is 1. The second kappa shape index (κ2) is 35.3. The molecule has 103 heavy (non-hydrogen) atoms. The first-order chi connectivity index (χ1) is 49.0. The second-order valence-electron chi connectivity index (χ2n) is 24.5. The summed E-state index contributed by atoms with van der Waals surface area (Å²) in [5.41, 5.74) is 12.9. The molecule has 0 atom stereocenters. The molecule has 10 aromatic rings. The minimum absolute atomic E-state index is 0. The molecule has 0 spiro atoms. The molecule has 6 aromatic heterocycles. The van der Waals surface area contributed by atoms with Gasteiger partial charge in [-0.05, 0) is 211 Å². The average Bonchev–Trinajstić information content (AvgIpc) is 1.65. The summed E-state index contributed by atoms with van der Waals surface area (Å²) in [7, 11) is 5.26. The highest BCUT2D eigenvalue weighted by molar-refractivity contribution is 9.10. The summed E-state index contributed by atoms with van der Waals surface area (Å²) < 4.78 is 12.8. The van der Waals surface area contributed by atoms with Gasteiger partial charge in [-0.2, -0.15) is 0 Å². The van der Waals surface area contributed by atoms with Crippen LogP contribution in [0.4, 0.5) is 52.0 Å². The Hall–Kier alpha value is -11.3. The van der Waals surface area contributed by atoms with Crippen molar-refractivity contribution in [1.82, 2.24) is 29.9 Å². The van der Waals surface area contributed by atoms with E-state index in [4.69, 9.17) is 29.9 Å².